The molecule has 0 amide bonds. The van der Waals surface area contributed by atoms with Gasteiger partial charge in [-0.05, 0) is 30.7 Å². The monoisotopic (exact) mass is 301 g/mol. The van der Waals surface area contributed by atoms with Crippen molar-refractivity contribution in [2.45, 2.75) is 13.0 Å². The number of anilines is 1. The molecule has 2 N–H and O–H groups in total. The summed E-state index contributed by atoms with van der Waals surface area (Å²) in [5.74, 6) is 0.888. The fraction of sp³-hybridized carbons (Fsp3) is 0.375. The van der Waals surface area contributed by atoms with Crippen LogP contribution in [0.3, 0.4) is 0 Å². The standard InChI is InChI=1S/C16H19N3O3/c1-11-8-15(17-9-12-10-21-6-7-22-12)18-19-16(11)13-4-2-3-5-14(13)20/h2-5,8,12,20H,6-7,9-10H2,1H3,(H,17,18)/t12-/m0/s1. The van der Waals surface area contributed by atoms with Gasteiger partial charge in [-0.1, -0.05) is 12.1 Å². The molecule has 1 aliphatic heterocycles. The van der Waals surface area contributed by atoms with Gasteiger partial charge in [0.05, 0.1) is 31.6 Å². The predicted molar refractivity (Wildman–Crippen MR) is 82.9 cm³/mol. The molecule has 3 rings (SSSR count). The minimum absolute atomic E-state index is 0.0358. The first-order valence-electron chi connectivity index (χ1n) is 7.30. The van der Waals surface area contributed by atoms with Gasteiger partial charge in [0.15, 0.2) is 0 Å². The summed E-state index contributed by atoms with van der Waals surface area (Å²) in [5.41, 5.74) is 2.31. The molecule has 22 heavy (non-hydrogen) atoms. The number of aromatic nitrogens is 2. The molecular formula is C16H19N3O3. The molecule has 1 fully saturated rings. The van der Waals surface area contributed by atoms with E-state index in [2.05, 4.69) is 15.5 Å². The summed E-state index contributed by atoms with van der Waals surface area (Å²) in [6.45, 7) is 4.45. The summed E-state index contributed by atoms with van der Waals surface area (Å²) in [6.07, 6.45) is 0.0358. The predicted octanol–water partition coefficient (Wildman–Crippen LogP) is 1.98. The first-order valence-corrected chi connectivity index (χ1v) is 7.30. The maximum Gasteiger partial charge on any atom is 0.149 e. The van der Waals surface area contributed by atoms with E-state index in [1.54, 1.807) is 12.1 Å². The first kappa shape index (κ1) is 14.7. The number of rotatable bonds is 4. The lowest BCUT2D eigenvalue weighted by Crippen LogP contribution is -2.34. The van der Waals surface area contributed by atoms with Gasteiger partial charge in [-0.25, -0.2) is 0 Å². The van der Waals surface area contributed by atoms with Crippen molar-refractivity contribution in [1.29, 1.82) is 0 Å². The maximum atomic E-state index is 9.92. The van der Waals surface area contributed by atoms with Crippen LogP contribution in [0.2, 0.25) is 0 Å². The Balaban J connectivity index is 1.71. The van der Waals surface area contributed by atoms with Gasteiger partial charge >= 0.3 is 0 Å². The van der Waals surface area contributed by atoms with Crippen molar-refractivity contribution in [2.24, 2.45) is 0 Å². The molecule has 1 aromatic heterocycles. The van der Waals surface area contributed by atoms with E-state index < -0.39 is 0 Å². The number of hydrogen-bond donors (Lipinski definition) is 2. The highest BCUT2D eigenvalue weighted by Gasteiger charge is 2.15. The highest BCUT2D eigenvalue weighted by Crippen LogP contribution is 2.29. The van der Waals surface area contributed by atoms with E-state index in [1.165, 1.54) is 0 Å². The number of nitrogens with zero attached hydrogens (tertiary/aromatic N) is 2. The van der Waals surface area contributed by atoms with Crippen molar-refractivity contribution >= 4 is 5.82 Å². The van der Waals surface area contributed by atoms with Crippen molar-refractivity contribution in [3.8, 4) is 17.0 Å². The van der Waals surface area contributed by atoms with Crippen LogP contribution in [-0.4, -0.2) is 47.8 Å². The molecule has 1 saturated heterocycles. The number of ether oxygens (including phenoxy) is 2. The number of aryl methyl sites for hydroxylation is 1. The zero-order chi connectivity index (χ0) is 15.4. The molecule has 6 heteroatoms. The van der Waals surface area contributed by atoms with Crippen molar-refractivity contribution in [2.75, 3.05) is 31.7 Å². The number of para-hydroxylation sites is 1. The van der Waals surface area contributed by atoms with Crippen LogP contribution in [0.15, 0.2) is 30.3 Å². The first-order chi connectivity index (χ1) is 10.7. The molecular weight excluding hydrogens is 282 g/mol. The zero-order valence-corrected chi connectivity index (χ0v) is 12.5. The van der Waals surface area contributed by atoms with Gasteiger partial charge in [-0.3, -0.25) is 0 Å². The molecule has 1 aliphatic rings. The SMILES string of the molecule is Cc1cc(NC[C@H]2COCCO2)nnc1-c1ccccc1O. The van der Waals surface area contributed by atoms with Crippen LogP contribution in [0.5, 0.6) is 5.75 Å². The highest BCUT2D eigenvalue weighted by atomic mass is 16.6. The molecule has 0 saturated carbocycles. The van der Waals surface area contributed by atoms with Crippen LogP contribution >= 0.6 is 0 Å². The van der Waals surface area contributed by atoms with Crippen molar-refractivity contribution in [1.82, 2.24) is 10.2 Å². The van der Waals surface area contributed by atoms with E-state index in [0.717, 1.165) is 5.56 Å². The van der Waals surface area contributed by atoms with Gasteiger partial charge in [0.25, 0.3) is 0 Å². The van der Waals surface area contributed by atoms with E-state index in [1.807, 2.05) is 25.1 Å². The number of phenols is 1. The van der Waals surface area contributed by atoms with Crippen molar-refractivity contribution in [3.05, 3.63) is 35.9 Å². The summed E-state index contributed by atoms with van der Waals surface area (Å²) in [6, 6.07) is 9.03. The van der Waals surface area contributed by atoms with Gasteiger partial charge in [-0.2, -0.15) is 0 Å². The van der Waals surface area contributed by atoms with Crippen LogP contribution < -0.4 is 5.32 Å². The number of nitrogens with one attached hydrogen (secondary N) is 1. The van der Waals surface area contributed by atoms with Crippen LogP contribution in [-0.2, 0) is 9.47 Å². The molecule has 0 aliphatic carbocycles. The Hall–Kier alpha value is -2.18. The topological polar surface area (TPSA) is 76.5 Å². The number of phenolic OH excluding ortho intramolecular Hbond substituents is 1. The third kappa shape index (κ3) is 3.35. The third-order valence-electron chi connectivity index (χ3n) is 3.54. The Bertz CT molecular complexity index is 642. The number of benzene rings is 1. The molecule has 0 bridgehead atoms. The maximum absolute atomic E-state index is 9.92. The Morgan fingerprint density at radius 2 is 2.14 bits per heavy atom. The zero-order valence-electron chi connectivity index (χ0n) is 12.5. The molecule has 0 unspecified atom stereocenters. The fourth-order valence-electron chi connectivity index (χ4n) is 2.38. The second kappa shape index (κ2) is 6.72. The van der Waals surface area contributed by atoms with Crippen molar-refractivity contribution in [3.63, 3.8) is 0 Å². The smallest absolute Gasteiger partial charge is 0.149 e. The minimum atomic E-state index is 0.0358. The lowest BCUT2D eigenvalue weighted by Gasteiger charge is -2.23. The quantitative estimate of drug-likeness (QED) is 0.899. The number of aromatic hydroxyl groups is 1. The summed E-state index contributed by atoms with van der Waals surface area (Å²) in [7, 11) is 0. The Labute approximate surface area is 129 Å². The summed E-state index contributed by atoms with van der Waals surface area (Å²) < 4.78 is 10.9. The second-order valence-corrected chi connectivity index (χ2v) is 5.23. The van der Waals surface area contributed by atoms with Gasteiger partial charge in [0, 0.05) is 12.1 Å². The van der Waals surface area contributed by atoms with E-state index in [-0.39, 0.29) is 11.9 Å². The number of hydrogen-bond acceptors (Lipinski definition) is 6. The average Bonchev–Trinajstić information content (AvgIpc) is 2.55. The molecule has 0 spiro atoms. The third-order valence-corrected chi connectivity index (χ3v) is 3.54. The van der Waals surface area contributed by atoms with Gasteiger partial charge < -0.3 is 19.9 Å². The normalized spacial score (nSPS) is 18.1. The van der Waals surface area contributed by atoms with Gasteiger partial charge in [0.2, 0.25) is 0 Å². The molecule has 0 radical (unpaired) electrons. The van der Waals surface area contributed by atoms with Gasteiger partial charge in [-0.15, -0.1) is 10.2 Å². The minimum Gasteiger partial charge on any atom is -0.507 e. The lowest BCUT2D eigenvalue weighted by molar-refractivity contribution is -0.0819. The molecule has 2 aromatic rings. The lowest BCUT2D eigenvalue weighted by atomic mass is 10.1. The van der Waals surface area contributed by atoms with Crippen LogP contribution in [0.25, 0.3) is 11.3 Å². The molecule has 1 atom stereocenters. The second-order valence-electron chi connectivity index (χ2n) is 5.23. The summed E-state index contributed by atoms with van der Waals surface area (Å²) >= 11 is 0. The van der Waals surface area contributed by atoms with Crippen LogP contribution in [0.1, 0.15) is 5.56 Å². The Morgan fingerprint density at radius 3 is 2.86 bits per heavy atom. The van der Waals surface area contributed by atoms with Crippen LogP contribution in [0, 0.1) is 6.92 Å². The molecule has 116 valence electrons. The summed E-state index contributed by atoms with van der Waals surface area (Å²) in [4.78, 5) is 0. The van der Waals surface area contributed by atoms with E-state index in [0.29, 0.717) is 43.4 Å². The molecule has 6 nitrogen and oxygen atoms in total. The molecule has 1 aromatic carbocycles. The Morgan fingerprint density at radius 1 is 1.27 bits per heavy atom. The van der Waals surface area contributed by atoms with E-state index >= 15 is 0 Å². The largest absolute Gasteiger partial charge is 0.507 e. The highest BCUT2D eigenvalue weighted by molar-refractivity contribution is 5.69. The molecule has 2 heterocycles. The summed E-state index contributed by atoms with van der Waals surface area (Å²) in [5, 5.41) is 21.5. The van der Waals surface area contributed by atoms with E-state index in [9.17, 15) is 5.11 Å². The van der Waals surface area contributed by atoms with Gasteiger partial charge in [0.1, 0.15) is 11.6 Å². The van der Waals surface area contributed by atoms with Crippen molar-refractivity contribution < 1.29 is 14.6 Å². The van der Waals surface area contributed by atoms with Crippen LogP contribution in [0.4, 0.5) is 5.82 Å². The average molecular weight is 301 g/mol. The fourth-order valence-corrected chi connectivity index (χ4v) is 2.38. The van der Waals surface area contributed by atoms with E-state index in [4.69, 9.17) is 9.47 Å². The Kier molecular flexibility index (Phi) is 4.50.